The molecule has 0 spiro atoms. The van der Waals surface area contributed by atoms with Crippen molar-refractivity contribution in [2.24, 2.45) is 0 Å². The monoisotopic (exact) mass is 411 g/mol. The number of benzene rings is 2. The van der Waals surface area contributed by atoms with Crippen LogP contribution in [0.25, 0.3) is 0 Å². The molecule has 0 heterocycles. The standard InChI is InChI=1S/C17H15Cl2N3O5/c1-9(16(23)21-14-8-11(18)4-5-12(14)19)27-17(24)10-3-6-13(20-2)15(7-10)22(25)26/h3-9,20H,1-2H3,(H,21,23)/t9-/m0/s1. The van der Waals surface area contributed by atoms with Crippen molar-refractivity contribution < 1.29 is 19.2 Å². The van der Waals surface area contributed by atoms with E-state index in [1.54, 1.807) is 6.07 Å². The van der Waals surface area contributed by atoms with Crippen LogP contribution < -0.4 is 10.6 Å². The van der Waals surface area contributed by atoms with Crippen LogP contribution in [0.5, 0.6) is 0 Å². The number of hydrogen-bond donors (Lipinski definition) is 2. The molecule has 0 radical (unpaired) electrons. The first-order chi connectivity index (χ1) is 12.7. The maximum absolute atomic E-state index is 12.2. The van der Waals surface area contributed by atoms with Gasteiger partial charge in [-0.2, -0.15) is 0 Å². The Labute approximate surface area is 164 Å². The molecular weight excluding hydrogens is 397 g/mol. The van der Waals surface area contributed by atoms with Gasteiger partial charge in [-0.1, -0.05) is 23.2 Å². The molecule has 0 aliphatic carbocycles. The second kappa shape index (κ2) is 8.70. The molecule has 2 rings (SSSR count). The number of halogens is 2. The highest BCUT2D eigenvalue weighted by Crippen LogP contribution is 2.27. The van der Waals surface area contributed by atoms with Gasteiger partial charge in [-0.05, 0) is 37.3 Å². The predicted molar refractivity (Wildman–Crippen MR) is 103 cm³/mol. The average Bonchev–Trinajstić information content (AvgIpc) is 2.63. The van der Waals surface area contributed by atoms with Crippen molar-refractivity contribution in [3.8, 4) is 0 Å². The van der Waals surface area contributed by atoms with Crippen LogP contribution in [0.2, 0.25) is 10.0 Å². The van der Waals surface area contributed by atoms with E-state index >= 15 is 0 Å². The van der Waals surface area contributed by atoms with Gasteiger partial charge in [0, 0.05) is 18.1 Å². The highest BCUT2D eigenvalue weighted by Gasteiger charge is 2.22. The number of carbonyl (C=O) groups excluding carboxylic acids is 2. The van der Waals surface area contributed by atoms with Gasteiger partial charge in [0.1, 0.15) is 5.69 Å². The fraction of sp³-hybridized carbons (Fsp3) is 0.176. The van der Waals surface area contributed by atoms with Gasteiger partial charge < -0.3 is 15.4 Å². The fourth-order valence-electron chi connectivity index (χ4n) is 2.13. The minimum atomic E-state index is -1.17. The Morgan fingerprint density at radius 3 is 2.48 bits per heavy atom. The number of nitrogens with one attached hydrogen (secondary N) is 2. The normalized spacial score (nSPS) is 11.4. The highest BCUT2D eigenvalue weighted by atomic mass is 35.5. The van der Waals surface area contributed by atoms with E-state index in [1.165, 1.54) is 38.2 Å². The summed E-state index contributed by atoms with van der Waals surface area (Å²) < 4.78 is 5.08. The Hall–Kier alpha value is -2.84. The fourth-order valence-corrected chi connectivity index (χ4v) is 2.47. The second-order valence-corrected chi connectivity index (χ2v) is 6.24. The third kappa shape index (κ3) is 5.08. The zero-order valence-corrected chi connectivity index (χ0v) is 15.8. The first-order valence-corrected chi connectivity index (χ1v) is 8.41. The van der Waals surface area contributed by atoms with E-state index in [4.69, 9.17) is 27.9 Å². The van der Waals surface area contributed by atoms with E-state index < -0.39 is 22.9 Å². The first-order valence-electron chi connectivity index (χ1n) is 7.66. The van der Waals surface area contributed by atoms with Crippen molar-refractivity contribution in [2.45, 2.75) is 13.0 Å². The van der Waals surface area contributed by atoms with E-state index in [2.05, 4.69) is 10.6 Å². The number of carbonyl (C=O) groups is 2. The van der Waals surface area contributed by atoms with Crippen LogP contribution in [-0.4, -0.2) is 30.0 Å². The lowest BCUT2D eigenvalue weighted by molar-refractivity contribution is -0.384. The van der Waals surface area contributed by atoms with Gasteiger partial charge in [0.05, 0.1) is 21.2 Å². The van der Waals surface area contributed by atoms with E-state index in [1.807, 2.05) is 0 Å². The van der Waals surface area contributed by atoms with Gasteiger partial charge in [-0.3, -0.25) is 14.9 Å². The first kappa shape index (κ1) is 20.5. The number of nitro benzene ring substituents is 1. The number of hydrogen-bond acceptors (Lipinski definition) is 6. The number of anilines is 2. The Bertz CT molecular complexity index is 904. The van der Waals surface area contributed by atoms with E-state index in [0.717, 1.165) is 6.07 Å². The number of rotatable bonds is 6. The lowest BCUT2D eigenvalue weighted by atomic mass is 10.1. The molecular formula is C17H15Cl2N3O5. The van der Waals surface area contributed by atoms with Crippen molar-refractivity contribution >= 4 is 52.1 Å². The molecule has 2 aromatic rings. The molecule has 0 aliphatic heterocycles. The van der Waals surface area contributed by atoms with E-state index in [9.17, 15) is 19.7 Å². The topological polar surface area (TPSA) is 111 Å². The minimum Gasteiger partial charge on any atom is -0.449 e. The molecule has 142 valence electrons. The summed E-state index contributed by atoms with van der Waals surface area (Å²) in [6.07, 6.45) is -1.17. The lowest BCUT2D eigenvalue weighted by Gasteiger charge is -2.14. The van der Waals surface area contributed by atoms with Crippen LogP contribution in [-0.2, 0) is 9.53 Å². The highest BCUT2D eigenvalue weighted by molar-refractivity contribution is 6.35. The average molecular weight is 412 g/mol. The number of ether oxygens (including phenoxy) is 1. The summed E-state index contributed by atoms with van der Waals surface area (Å²) >= 11 is 11.8. The third-order valence-electron chi connectivity index (χ3n) is 3.54. The molecule has 10 heteroatoms. The van der Waals surface area contributed by atoms with Crippen LogP contribution in [0.3, 0.4) is 0 Å². The molecule has 0 aromatic heterocycles. The summed E-state index contributed by atoms with van der Waals surface area (Å²) in [6.45, 7) is 1.36. The van der Waals surface area contributed by atoms with Crippen LogP contribution in [0.15, 0.2) is 36.4 Å². The molecule has 1 amide bonds. The predicted octanol–water partition coefficient (Wildman–Crippen LogP) is 4.13. The molecule has 0 saturated carbocycles. The molecule has 0 aliphatic rings. The largest absolute Gasteiger partial charge is 0.449 e. The number of esters is 1. The van der Waals surface area contributed by atoms with Crippen molar-refractivity contribution in [1.29, 1.82) is 0 Å². The van der Waals surface area contributed by atoms with Gasteiger partial charge in [0.25, 0.3) is 11.6 Å². The molecule has 2 N–H and O–H groups in total. The summed E-state index contributed by atoms with van der Waals surface area (Å²) in [5.74, 6) is -1.51. The summed E-state index contributed by atoms with van der Waals surface area (Å²) in [7, 11) is 1.52. The van der Waals surface area contributed by atoms with Crippen LogP contribution in [0.1, 0.15) is 17.3 Å². The van der Waals surface area contributed by atoms with Crippen molar-refractivity contribution in [1.82, 2.24) is 0 Å². The molecule has 1 atom stereocenters. The molecule has 0 unspecified atom stereocenters. The maximum atomic E-state index is 12.2. The number of nitro groups is 1. The molecule has 0 saturated heterocycles. The quantitative estimate of drug-likeness (QED) is 0.419. The lowest BCUT2D eigenvalue weighted by Crippen LogP contribution is -2.30. The van der Waals surface area contributed by atoms with Crippen molar-refractivity contribution in [2.75, 3.05) is 17.7 Å². The summed E-state index contributed by atoms with van der Waals surface area (Å²) in [6, 6.07) is 8.34. The molecule has 8 nitrogen and oxygen atoms in total. The van der Waals surface area contributed by atoms with E-state index in [0.29, 0.717) is 5.02 Å². The molecule has 2 aromatic carbocycles. The molecule has 0 bridgehead atoms. The van der Waals surface area contributed by atoms with Gasteiger partial charge in [-0.15, -0.1) is 0 Å². The smallest absolute Gasteiger partial charge is 0.339 e. The molecule has 27 heavy (non-hydrogen) atoms. The van der Waals surface area contributed by atoms with Crippen LogP contribution in [0.4, 0.5) is 17.1 Å². The van der Waals surface area contributed by atoms with Gasteiger partial charge in [-0.25, -0.2) is 4.79 Å². The van der Waals surface area contributed by atoms with E-state index in [-0.39, 0.29) is 27.6 Å². The minimum absolute atomic E-state index is 0.0545. The Morgan fingerprint density at radius 2 is 1.85 bits per heavy atom. The Balaban J connectivity index is 2.10. The summed E-state index contributed by atoms with van der Waals surface area (Å²) in [5, 5.41) is 16.9. The van der Waals surface area contributed by atoms with Gasteiger partial charge in [0.15, 0.2) is 6.10 Å². The zero-order valence-electron chi connectivity index (χ0n) is 14.3. The van der Waals surface area contributed by atoms with Crippen molar-refractivity contribution in [3.63, 3.8) is 0 Å². The van der Waals surface area contributed by atoms with Gasteiger partial charge in [0.2, 0.25) is 0 Å². The number of amides is 1. The Morgan fingerprint density at radius 1 is 1.15 bits per heavy atom. The van der Waals surface area contributed by atoms with Crippen molar-refractivity contribution in [3.05, 3.63) is 62.1 Å². The summed E-state index contributed by atoms with van der Waals surface area (Å²) in [4.78, 5) is 34.9. The van der Waals surface area contributed by atoms with Gasteiger partial charge >= 0.3 is 5.97 Å². The third-order valence-corrected chi connectivity index (χ3v) is 4.10. The number of nitrogens with zero attached hydrogens (tertiary/aromatic N) is 1. The van der Waals surface area contributed by atoms with Crippen LogP contribution in [0, 0.1) is 10.1 Å². The zero-order chi connectivity index (χ0) is 20.1. The second-order valence-electron chi connectivity index (χ2n) is 5.40. The Kier molecular flexibility index (Phi) is 6.59. The SMILES string of the molecule is CNc1ccc(C(=O)O[C@@H](C)C(=O)Nc2cc(Cl)ccc2Cl)cc1[N+](=O)[O-]. The molecule has 0 fully saturated rings. The maximum Gasteiger partial charge on any atom is 0.339 e. The van der Waals surface area contributed by atoms with Crippen LogP contribution >= 0.6 is 23.2 Å². The summed E-state index contributed by atoms with van der Waals surface area (Å²) in [5.41, 5.74) is 0.180.